The molecule has 0 saturated carbocycles. The summed E-state index contributed by atoms with van der Waals surface area (Å²) >= 11 is 0. The van der Waals surface area contributed by atoms with Gasteiger partial charge in [0.15, 0.2) is 0 Å². The molecule has 1 aliphatic rings. The first-order valence-electron chi connectivity index (χ1n) is 6.73. The van der Waals surface area contributed by atoms with Crippen LogP contribution in [0.2, 0.25) is 0 Å². The molecule has 2 atom stereocenters. The minimum Gasteiger partial charge on any atom is -0.372 e. The van der Waals surface area contributed by atoms with Crippen molar-refractivity contribution in [1.82, 2.24) is 4.98 Å². The highest BCUT2D eigenvalue weighted by atomic mass is 16.5. The van der Waals surface area contributed by atoms with Crippen LogP contribution in [-0.4, -0.2) is 30.3 Å². The van der Waals surface area contributed by atoms with Gasteiger partial charge < -0.3 is 9.64 Å². The van der Waals surface area contributed by atoms with E-state index in [-0.39, 0.29) is 17.6 Å². The molecule has 0 N–H and O–H groups in total. The van der Waals surface area contributed by atoms with E-state index in [0.717, 1.165) is 18.9 Å². The molecule has 3 heteroatoms. The average molecular weight is 248 g/mol. The van der Waals surface area contributed by atoms with Crippen molar-refractivity contribution < 1.29 is 4.74 Å². The Bertz CT molecular complexity index is 384. The molecule has 0 amide bonds. The van der Waals surface area contributed by atoms with Crippen molar-refractivity contribution in [3.63, 3.8) is 0 Å². The lowest BCUT2D eigenvalue weighted by atomic mass is 9.88. The fourth-order valence-electron chi connectivity index (χ4n) is 2.38. The van der Waals surface area contributed by atoms with E-state index in [2.05, 4.69) is 56.6 Å². The largest absolute Gasteiger partial charge is 0.372 e. The predicted molar refractivity (Wildman–Crippen MR) is 75.2 cm³/mol. The molecule has 1 aromatic heterocycles. The van der Waals surface area contributed by atoms with Crippen LogP contribution in [0.3, 0.4) is 0 Å². The van der Waals surface area contributed by atoms with Gasteiger partial charge in [-0.25, -0.2) is 4.98 Å². The van der Waals surface area contributed by atoms with Crippen LogP contribution in [-0.2, 0) is 10.2 Å². The summed E-state index contributed by atoms with van der Waals surface area (Å²) in [5.74, 6) is 1.06. The molecule has 18 heavy (non-hydrogen) atoms. The minimum absolute atomic E-state index is 0.164. The molecule has 100 valence electrons. The first-order chi connectivity index (χ1) is 8.36. The number of pyridine rings is 1. The molecular weight excluding hydrogens is 224 g/mol. The highest BCUT2D eigenvalue weighted by Crippen LogP contribution is 2.24. The van der Waals surface area contributed by atoms with Crippen molar-refractivity contribution in [3.05, 3.63) is 23.9 Å². The van der Waals surface area contributed by atoms with E-state index in [1.165, 1.54) is 5.56 Å². The third-order valence-corrected chi connectivity index (χ3v) is 3.36. The number of aromatic nitrogens is 1. The smallest absolute Gasteiger partial charge is 0.128 e. The Morgan fingerprint density at radius 2 is 1.78 bits per heavy atom. The Labute approximate surface area is 110 Å². The van der Waals surface area contributed by atoms with Crippen molar-refractivity contribution in [2.75, 3.05) is 18.0 Å². The van der Waals surface area contributed by atoms with E-state index in [0.29, 0.717) is 0 Å². The highest BCUT2D eigenvalue weighted by Gasteiger charge is 2.23. The molecule has 1 fully saturated rings. The zero-order valence-corrected chi connectivity index (χ0v) is 12.1. The third-order valence-electron chi connectivity index (χ3n) is 3.36. The van der Waals surface area contributed by atoms with Gasteiger partial charge in [-0.2, -0.15) is 0 Å². The molecule has 0 spiro atoms. The quantitative estimate of drug-likeness (QED) is 0.764. The summed E-state index contributed by atoms with van der Waals surface area (Å²) in [6.45, 7) is 12.7. The van der Waals surface area contributed by atoms with Crippen molar-refractivity contribution in [1.29, 1.82) is 0 Å². The van der Waals surface area contributed by atoms with Gasteiger partial charge in [-0.05, 0) is 30.9 Å². The molecular formula is C15H24N2O. The summed E-state index contributed by atoms with van der Waals surface area (Å²) in [5, 5.41) is 0. The first kappa shape index (κ1) is 13.3. The van der Waals surface area contributed by atoms with Crippen molar-refractivity contribution in [3.8, 4) is 0 Å². The second-order valence-electron chi connectivity index (χ2n) is 6.32. The van der Waals surface area contributed by atoms with Crippen LogP contribution in [0.1, 0.15) is 40.2 Å². The first-order valence-corrected chi connectivity index (χ1v) is 6.73. The Balaban J connectivity index is 2.14. The number of hydrogen-bond acceptors (Lipinski definition) is 3. The van der Waals surface area contributed by atoms with E-state index in [9.17, 15) is 0 Å². The van der Waals surface area contributed by atoms with Gasteiger partial charge in [0.05, 0.1) is 12.2 Å². The average Bonchev–Trinajstić information content (AvgIpc) is 2.27. The fourth-order valence-corrected chi connectivity index (χ4v) is 2.38. The van der Waals surface area contributed by atoms with E-state index in [4.69, 9.17) is 4.74 Å². The minimum atomic E-state index is 0.164. The molecule has 1 aliphatic heterocycles. The van der Waals surface area contributed by atoms with Crippen LogP contribution in [0, 0.1) is 0 Å². The van der Waals surface area contributed by atoms with Crippen LogP contribution in [0.25, 0.3) is 0 Å². The van der Waals surface area contributed by atoms with Crippen LogP contribution < -0.4 is 4.90 Å². The summed E-state index contributed by atoms with van der Waals surface area (Å²) in [5.41, 5.74) is 1.44. The zero-order valence-electron chi connectivity index (χ0n) is 12.1. The van der Waals surface area contributed by atoms with Gasteiger partial charge >= 0.3 is 0 Å². The lowest BCUT2D eigenvalue weighted by Crippen LogP contribution is -2.45. The zero-order chi connectivity index (χ0) is 13.3. The summed E-state index contributed by atoms with van der Waals surface area (Å²) in [4.78, 5) is 6.92. The number of nitrogens with zero attached hydrogens (tertiary/aromatic N) is 2. The highest BCUT2D eigenvalue weighted by molar-refractivity contribution is 5.41. The molecule has 0 bridgehead atoms. The molecule has 1 saturated heterocycles. The molecule has 0 radical (unpaired) electrons. The Morgan fingerprint density at radius 1 is 1.17 bits per heavy atom. The number of rotatable bonds is 1. The van der Waals surface area contributed by atoms with E-state index in [1.807, 2.05) is 6.20 Å². The van der Waals surface area contributed by atoms with Gasteiger partial charge in [0.1, 0.15) is 5.82 Å². The van der Waals surface area contributed by atoms with E-state index < -0.39 is 0 Å². The van der Waals surface area contributed by atoms with Gasteiger partial charge in [-0.3, -0.25) is 0 Å². The Kier molecular flexibility index (Phi) is 3.62. The molecule has 2 unspecified atom stereocenters. The predicted octanol–water partition coefficient (Wildman–Crippen LogP) is 2.99. The molecule has 3 nitrogen and oxygen atoms in total. The molecule has 1 aromatic rings. The van der Waals surface area contributed by atoms with Crippen LogP contribution >= 0.6 is 0 Å². The second-order valence-corrected chi connectivity index (χ2v) is 6.32. The monoisotopic (exact) mass is 248 g/mol. The van der Waals surface area contributed by atoms with Gasteiger partial charge in [-0.15, -0.1) is 0 Å². The van der Waals surface area contributed by atoms with Crippen molar-refractivity contribution in [2.24, 2.45) is 0 Å². The molecule has 2 rings (SSSR count). The SMILES string of the molecule is CC1CN(c2ccc(C(C)(C)C)cn2)CC(C)O1. The Hall–Kier alpha value is -1.09. The Morgan fingerprint density at radius 3 is 2.22 bits per heavy atom. The number of anilines is 1. The maximum Gasteiger partial charge on any atom is 0.128 e. The third kappa shape index (κ3) is 3.02. The summed E-state index contributed by atoms with van der Waals surface area (Å²) in [6, 6.07) is 4.32. The van der Waals surface area contributed by atoms with E-state index >= 15 is 0 Å². The second kappa shape index (κ2) is 4.88. The lowest BCUT2D eigenvalue weighted by molar-refractivity contribution is -0.00546. The normalized spacial score (nSPS) is 25.3. The van der Waals surface area contributed by atoms with E-state index in [1.54, 1.807) is 0 Å². The molecule has 0 aliphatic carbocycles. The van der Waals surface area contributed by atoms with Crippen LogP contribution in [0.15, 0.2) is 18.3 Å². The fraction of sp³-hybridized carbons (Fsp3) is 0.667. The number of ether oxygens (including phenoxy) is 1. The number of hydrogen-bond donors (Lipinski definition) is 0. The van der Waals surface area contributed by atoms with Crippen LogP contribution in [0.4, 0.5) is 5.82 Å². The topological polar surface area (TPSA) is 25.4 Å². The van der Waals surface area contributed by atoms with Crippen molar-refractivity contribution in [2.45, 2.75) is 52.2 Å². The van der Waals surface area contributed by atoms with Crippen LogP contribution in [0.5, 0.6) is 0 Å². The van der Waals surface area contributed by atoms with Gasteiger partial charge in [-0.1, -0.05) is 26.8 Å². The summed E-state index contributed by atoms with van der Waals surface area (Å²) < 4.78 is 5.75. The lowest BCUT2D eigenvalue weighted by Gasteiger charge is -2.36. The standard InChI is InChI=1S/C15H24N2O/c1-11-9-17(10-12(2)18-11)14-7-6-13(8-16-14)15(3,4)5/h6-8,11-12H,9-10H2,1-5H3. The molecule has 0 aromatic carbocycles. The summed E-state index contributed by atoms with van der Waals surface area (Å²) in [6.07, 6.45) is 2.55. The maximum atomic E-state index is 5.75. The van der Waals surface area contributed by atoms with Gasteiger partial charge in [0, 0.05) is 19.3 Å². The number of morpholine rings is 1. The van der Waals surface area contributed by atoms with Gasteiger partial charge in [0.25, 0.3) is 0 Å². The van der Waals surface area contributed by atoms with Crippen molar-refractivity contribution >= 4 is 5.82 Å². The summed E-state index contributed by atoms with van der Waals surface area (Å²) in [7, 11) is 0. The molecule has 2 heterocycles. The maximum absolute atomic E-state index is 5.75. The van der Waals surface area contributed by atoms with Gasteiger partial charge in [0.2, 0.25) is 0 Å².